The monoisotopic (exact) mass is 428 g/mol. The molecule has 0 aliphatic heterocycles. The number of alkyl halides is 3. The van der Waals surface area contributed by atoms with Gasteiger partial charge in [-0.2, -0.15) is 13.2 Å². The van der Waals surface area contributed by atoms with Crippen molar-refractivity contribution >= 4 is 23.4 Å². The molecule has 0 bridgehead atoms. The fourth-order valence-corrected chi connectivity index (χ4v) is 2.59. The molecule has 29 heavy (non-hydrogen) atoms. The molecule has 2 amide bonds. The third-order valence-electron chi connectivity index (χ3n) is 3.88. The van der Waals surface area contributed by atoms with E-state index in [-0.39, 0.29) is 29.6 Å². The van der Waals surface area contributed by atoms with Gasteiger partial charge in [0.25, 0.3) is 5.91 Å². The highest BCUT2D eigenvalue weighted by atomic mass is 35.5. The average molecular weight is 429 g/mol. The number of nitrogens with one attached hydrogen (secondary N) is 2. The third kappa shape index (κ3) is 7.75. The number of carbonyl (C=O) groups excluding carboxylic acids is 2. The minimum atomic E-state index is -4.36. The van der Waals surface area contributed by atoms with E-state index in [2.05, 4.69) is 15.4 Å². The molecular formula is C20H20ClF3N2O3. The highest BCUT2D eigenvalue weighted by molar-refractivity contribution is 6.33. The molecule has 0 spiro atoms. The van der Waals surface area contributed by atoms with Gasteiger partial charge < -0.3 is 15.4 Å². The van der Waals surface area contributed by atoms with Crippen LogP contribution < -0.4 is 10.6 Å². The van der Waals surface area contributed by atoms with Crippen molar-refractivity contribution in [3.63, 3.8) is 0 Å². The van der Waals surface area contributed by atoms with Crippen LogP contribution >= 0.6 is 11.6 Å². The first kappa shape index (κ1) is 22.7. The van der Waals surface area contributed by atoms with E-state index >= 15 is 0 Å². The predicted octanol–water partition coefficient (Wildman–Crippen LogP) is 3.85. The number of rotatable bonds is 8. The molecular weight excluding hydrogens is 409 g/mol. The molecule has 2 aromatic rings. The lowest BCUT2D eigenvalue weighted by atomic mass is 10.1. The van der Waals surface area contributed by atoms with Crippen molar-refractivity contribution < 1.29 is 27.5 Å². The van der Waals surface area contributed by atoms with Gasteiger partial charge in [-0.3, -0.25) is 9.59 Å². The number of carbonyl (C=O) groups is 2. The Morgan fingerprint density at radius 1 is 1.07 bits per heavy atom. The van der Waals surface area contributed by atoms with Gasteiger partial charge >= 0.3 is 6.18 Å². The van der Waals surface area contributed by atoms with Crippen molar-refractivity contribution in [2.45, 2.75) is 32.3 Å². The Morgan fingerprint density at radius 2 is 1.69 bits per heavy atom. The van der Waals surface area contributed by atoms with Gasteiger partial charge in [0.15, 0.2) is 0 Å². The molecule has 9 heteroatoms. The van der Waals surface area contributed by atoms with Crippen LogP contribution in [0.5, 0.6) is 0 Å². The van der Waals surface area contributed by atoms with E-state index in [0.29, 0.717) is 5.56 Å². The molecule has 0 saturated carbocycles. The Morgan fingerprint density at radius 3 is 2.31 bits per heavy atom. The molecule has 0 aliphatic carbocycles. The van der Waals surface area contributed by atoms with Crippen LogP contribution in [0.25, 0.3) is 0 Å². The standard InChI is InChI=1S/C20H20ClF3N2O3/c1-13(26-19(28)16-4-2-3-5-17(16)21)18(27)25-10-14-6-8-15(9-7-14)11-29-12-20(22,23)24/h2-9,13H,10-12H2,1H3,(H,25,27)(H,26,28)/t13-/m0/s1. The van der Waals surface area contributed by atoms with Crippen LogP contribution in [0.15, 0.2) is 48.5 Å². The van der Waals surface area contributed by atoms with E-state index in [1.54, 1.807) is 55.5 Å². The zero-order valence-electron chi connectivity index (χ0n) is 15.6. The van der Waals surface area contributed by atoms with Gasteiger partial charge in [0.1, 0.15) is 12.6 Å². The van der Waals surface area contributed by atoms with Gasteiger partial charge in [-0.15, -0.1) is 0 Å². The molecule has 0 unspecified atom stereocenters. The lowest BCUT2D eigenvalue weighted by Gasteiger charge is -2.15. The summed E-state index contributed by atoms with van der Waals surface area (Å²) in [5, 5.41) is 5.55. The summed E-state index contributed by atoms with van der Waals surface area (Å²) >= 11 is 5.96. The Labute approximate surface area is 171 Å². The van der Waals surface area contributed by atoms with Gasteiger partial charge in [-0.05, 0) is 30.2 Å². The topological polar surface area (TPSA) is 67.4 Å². The third-order valence-corrected chi connectivity index (χ3v) is 4.21. The summed E-state index contributed by atoms with van der Waals surface area (Å²) in [5.74, 6) is -0.843. The first-order chi connectivity index (χ1) is 13.7. The van der Waals surface area contributed by atoms with E-state index in [1.165, 1.54) is 0 Å². The van der Waals surface area contributed by atoms with Gasteiger partial charge in [-0.25, -0.2) is 0 Å². The van der Waals surface area contributed by atoms with Crippen molar-refractivity contribution in [1.82, 2.24) is 10.6 Å². The van der Waals surface area contributed by atoms with E-state index < -0.39 is 24.7 Å². The van der Waals surface area contributed by atoms with Gasteiger partial charge in [0, 0.05) is 6.54 Å². The number of hydrogen-bond donors (Lipinski definition) is 2. The Balaban J connectivity index is 1.79. The second-order valence-corrected chi connectivity index (χ2v) is 6.72. The predicted molar refractivity (Wildman–Crippen MR) is 102 cm³/mol. The van der Waals surface area contributed by atoms with Crippen molar-refractivity contribution in [1.29, 1.82) is 0 Å². The number of amides is 2. The quantitative estimate of drug-likeness (QED) is 0.671. The molecule has 0 radical (unpaired) electrons. The summed E-state index contributed by atoms with van der Waals surface area (Å²) in [7, 11) is 0. The molecule has 0 saturated heterocycles. The summed E-state index contributed by atoms with van der Waals surface area (Å²) in [5.41, 5.74) is 1.62. The summed E-state index contributed by atoms with van der Waals surface area (Å²) in [6.07, 6.45) is -4.36. The van der Waals surface area contributed by atoms with Crippen LogP contribution in [0.3, 0.4) is 0 Å². The van der Waals surface area contributed by atoms with Crippen molar-refractivity contribution in [2.24, 2.45) is 0 Å². The van der Waals surface area contributed by atoms with E-state index in [0.717, 1.165) is 5.56 Å². The molecule has 0 heterocycles. The minimum absolute atomic E-state index is 0.155. The molecule has 2 N–H and O–H groups in total. The van der Waals surface area contributed by atoms with Crippen LogP contribution in [-0.2, 0) is 22.7 Å². The molecule has 2 aromatic carbocycles. The maximum absolute atomic E-state index is 12.2. The number of hydrogen-bond acceptors (Lipinski definition) is 3. The van der Waals surface area contributed by atoms with Crippen molar-refractivity contribution in [3.8, 4) is 0 Å². The number of halogens is 4. The van der Waals surface area contributed by atoms with Crippen LogP contribution in [0, 0.1) is 0 Å². The summed E-state index contributed by atoms with van der Waals surface area (Å²) in [6, 6.07) is 12.3. The van der Waals surface area contributed by atoms with Gasteiger partial charge in [-0.1, -0.05) is 48.0 Å². The number of ether oxygens (including phenoxy) is 1. The highest BCUT2D eigenvalue weighted by Gasteiger charge is 2.27. The first-order valence-electron chi connectivity index (χ1n) is 8.71. The fraction of sp³-hybridized carbons (Fsp3) is 0.300. The van der Waals surface area contributed by atoms with E-state index in [9.17, 15) is 22.8 Å². The molecule has 2 rings (SSSR count). The normalized spacial score (nSPS) is 12.3. The van der Waals surface area contributed by atoms with Crippen LogP contribution in [-0.4, -0.2) is 30.6 Å². The molecule has 0 fully saturated rings. The van der Waals surface area contributed by atoms with Crippen molar-refractivity contribution in [2.75, 3.05) is 6.61 Å². The van der Waals surface area contributed by atoms with E-state index in [1.807, 2.05) is 0 Å². The molecule has 0 aliphatic rings. The SMILES string of the molecule is C[C@H](NC(=O)c1ccccc1Cl)C(=O)NCc1ccc(COCC(F)(F)F)cc1. The van der Waals surface area contributed by atoms with Crippen LogP contribution in [0.1, 0.15) is 28.4 Å². The molecule has 1 atom stereocenters. The maximum atomic E-state index is 12.2. The summed E-state index contributed by atoms with van der Waals surface area (Å²) < 4.78 is 40.8. The van der Waals surface area contributed by atoms with Crippen LogP contribution in [0.4, 0.5) is 13.2 Å². The Bertz CT molecular complexity index is 842. The lowest BCUT2D eigenvalue weighted by Crippen LogP contribution is -2.44. The van der Waals surface area contributed by atoms with Crippen molar-refractivity contribution in [3.05, 3.63) is 70.2 Å². The highest BCUT2D eigenvalue weighted by Crippen LogP contribution is 2.16. The van der Waals surface area contributed by atoms with E-state index in [4.69, 9.17) is 11.6 Å². The zero-order chi connectivity index (χ0) is 21.4. The average Bonchev–Trinajstić information content (AvgIpc) is 2.66. The zero-order valence-corrected chi connectivity index (χ0v) is 16.3. The molecule has 0 aromatic heterocycles. The van der Waals surface area contributed by atoms with Crippen LogP contribution in [0.2, 0.25) is 5.02 Å². The fourth-order valence-electron chi connectivity index (χ4n) is 2.37. The summed E-state index contributed by atoms with van der Waals surface area (Å²) in [4.78, 5) is 24.4. The smallest absolute Gasteiger partial charge is 0.367 e. The van der Waals surface area contributed by atoms with Gasteiger partial charge in [0.05, 0.1) is 17.2 Å². The second kappa shape index (κ2) is 10.3. The van der Waals surface area contributed by atoms with Gasteiger partial charge in [0.2, 0.25) is 5.91 Å². The first-order valence-corrected chi connectivity index (χ1v) is 9.09. The lowest BCUT2D eigenvalue weighted by molar-refractivity contribution is -0.176. The Hall–Kier alpha value is -2.58. The Kier molecular flexibility index (Phi) is 8.04. The number of benzene rings is 2. The summed E-state index contributed by atoms with van der Waals surface area (Å²) in [6.45, 7) is 0.292. The second-order valence-electron chi connectivity index (χ2n) is 6.32. The maximum Gasteiger partial charge on any atom is 0.411 e. The largest absolute Gasteiger partial charge is 0.411 e. The molecule has 5 nitrogen and oxygen atoms in total. The minimum Gasteiger partial charge on any atom is -0.367 e. The molecule has 156 valence electrons.